The minimum atomic E-state index is -0.540. The maximum Gasteiger partial charge on any atom is 0.339 e. The summed E-state index contributed by atoms with van der Waals surface area (Å²) < 4.78 is 5.89. The summed E-state index contributed by atoms with van der Waals surface area (Å²) in [7, 11) is 0. The molecular weight excluding hydrogens is 442 g/mol. The number of rotatable bonds is 7. The molecule has 4 aromatic carbocycles. The number of benzene rings is 4. The lowest BCUT2D eigenvalue weighted by atomic mass is 10.0. The van der Waals surface area contributed by atoms with Crippen molar-refractivity contribution < 1.29 is 24.0 Å². The minimum absolute atomic E-state index is 0.00253. The third-order valence-corrected chi connectivity index (χ3v) is 5.74. The van der Waals surface area contributed by atoms with Crippen molar-refractivity contribution in [2.45, 2.75) is 12.7 Å². The van der Waals surface area contributed by atoms with Crippen LogP contribution in [0.3, 0.4) is 0 Å². The second-order valence-corrected chi connectivity index (χ2v) is 8.03. The first-order chi connectivity index (χ1) is 17.1. The van der Waals surface area contributed by atoms with E-state index in [1.807, 2.05) is 60.7 Å². The lowest BCUT2D eigenvalue weighted by Crippen LogP contribution is -2.29. The number of nitrogens with zero attached hydrogens (tertiary/aromatic N) is 1. The first-order valence-electron chi connectivity index (χ1n) is 11.1. The first-order valence-corrected chi connectivity index (χ1v) is 11.1. The quantitative estimate of drug-likeness (QED) is 0.273. The molecule has 172 valence electrons. The lowest BCUT2D eigenvalue weighted by molar-refractivity contribution is -0.101. The average molecular weight is 463 g/mol. The van der Waals surface area contributed by atoms with Crippen molar-refractivity contribution >= 4 is 17.8 Å². The van der Waals surface area contributed by atoms with Gasteiger partial charge in [0.25, 0.3) is 11.8 Å². The third-order valence-electron chi connectivity index (χ3n) is 5.74. The summed E-state index contributed by atoms with van der Waals surface area (Å²) in [5, 5.41) is 0.775. The summed E-state index contributed by atoms with van der Waals surface area (Å²) in [6.45, 7) is -0.00253. The van der Waals surface area contributed by atoms with Crippen LogP contribution >= 0.6 is 0 Å². The van der Waals surface area contributed by atoms with Crippen molar-refractivity contribution in [3.63, 3.8) is 0 Å². The Balaban J connectivity index is 1.26. The molecule has 6 heteroatoms. The Morgan fingerprint density at radius 3 is 1.66 bits per heavy atom. The number of carbonyl (C=O) groups is 3. The van der Waals surface area contributed by atoms with Crippen LogP contribution in [0.25, 0.3) is 0 Å². The Morgan fingerprint density at radius 1 is 0.657 bits per heavy atom. The van der Waals surface area contributed by atoms with Gasteiger partial charge in [-0.05, 0) is 41.0 Å². The van der Waals surface area contributed by atoms with Crippen LogP contribution in [0.1, 0.15) is 53.9 Å². The number of imide groups is 1. The Bertz CT molecular complexity index is 1290. The van der Waals surface area contributed by atoms with Crippen molar-refractivity contribution in [2.24, 2.45) is 0 Å². The molecule has 1 aliphatic heterocycles. The maximum absolute atomic E-state index is 12.9. The molecule has 1 heterocycles. The number of esters is 1. The van der Waals surface area contributed by atoms with Crippen molar-refractivity contribution in [1.29, 1.82) is 0 Å². The molecule has 4 aromatic rings. The van der Waals surface area contributed by atoms with Gasteiger partial charge in [-0.15, -0.1) is 5.06 Å². The van der Waals surface area contributed by atoms with Crippen LogP contribution in [0, 0.1) is 0 Å². The third kappa shape index (κ3) is 4.60. The van der Waals surface area contributed by atoms with Crippen LogP contribution in [0.2, 0.25) is 0 Å². The Labute approximate surface area is 202 Å². The number of ether oxygens (including phenoxy) is 1. The molecule has 0 fully saturated rings. The summed E-state index contributed by atoms with van der Waals surface area (Å²) in [6, 6.07) is 32.4. The van der Waals surface area contributed by atoms with E-state index >= 15 is 0 Å². The maximum atomic E-state index is 12.9. The van der Waals surface area contributed by atoms with Gasteiger partial charge in [-0.25, -0.2) is 4.79 Å². The smallest absolute Gasteiger partial charge is 0.339 e. The van der Waals surface area contributed by atoms with Gasteiger partial charge >= 0.3 is 5.97 Å². The summed E-state index contributed by atoms with van der Waals surface area (Å²) in [5.74, 6) is -1.44. The molecular formula is C29H21NO5. The largest absolute Gasteiger partial charge is 0.449 e. The van der Waals surface area contributed by atoms with Gasteiger partial charge in [0.05, 0.1) is 16.7 Å². The standard InChI is InChI=1S/C29H21NO5/c31-27-24-13-7-8-14-25(24)28(32)30(27)34-19-20-15-17-23(18-16-20)29(33)35-26(21-9-3-1-4-10-21)22-11-5-2-6-12-22/h1-18,26H,19H2. The van der Waals surface area contributed by atoms with Gasteiger partial charge in [-0.1, -0.05) is 84.9 Å². The van der Waals surface area contributed by atoms with Gasteiger partial charge in [0.15, 0.2) is 6.10 Å². The Kier molecular flexibility index (Phi) is 6.20. The molecule has 0 aliphatic carbocycles. The summed E-state index contributed by atoms with van der Waals surface area (Å²) in [4.78, 5) is 43.3. The number of carbonyl (C=O) groups excluding carboxylic acids is 3. The number of hydrogen-bond acceptors (Lipinski definition) is 5. The summed E-state index contributed by atoms with van der Waals surface area (Å²) >= 11 is 0. The fraction of sp³-hybridized carbons (Fsp3) is 0.0690. The summed E-state index contributed by atoms with van der Waals surface area (Å²) in [5.41, 5.74) is 3.46. The predicted molar refractivity (Wildman–Crippen MR) is 128 cm³/mol. The highest BCUT2D eigenvalue weighted by Gasteiger charge is 2.36. The number of amides is 2. The van der Waals surface area contributed by atoms with Gasteiger partial charge in [0, 0.05) is 0 Å². The van der Waals surface area contributed by atoms with Gasteiger partial charge in [0.2, 0.25) is 0 Å². The second kappa shape index (κ2) is 9.75. The van der Waals surface area contributed by atoms with E-state index in [9.17, 15) is 14.4 Å². The number of hydroxylamine groups is 2. The van der Waals surface area contributed by atoms with Crippen LogP contribution in [-0.2, 0) is 16.2 Å². The fourth-order valence-corrected chi connectivity index (χ4v) is 3.92. The van der Waals surface area contributed by atoms with Gasteiger partial charge in [-0.2, -0.15) is 0 Å². The molecule has 0 bridgehead atoms. The molecule has 0 N–H and O–H groups in total. The first kappa shape index (κ1) is 22.3. The van der Waals surface area contributed by atoms with Crippen LogP contribution in [0.4, 0.5) is 0 Å². The van der Waals surface area contributed by atoms with Crippen molar-refractivity contribution in [2.75, 3.05) is 0 Å². The predicted octanol–water partition coefficient (Wildman–Crippen LogP) is 5.36. The van der Waals surface area contributed by atoms with E-state index in [1.165, 1.54) is 0 Å². The normalized spacial score (nSPS) is 12.7. The highest BCUT2D eigenvalue weighted by Crippen LogP contribution is 2.27. The van der Waals surface area contributed by atoms with E-state index in [0.717, 1.165) is 16.2 Å². The molecule has 5 rings (SSSR count). The van der Waals surface area contributed by atoms with Crippen molar-refractivity contribution in [1.82, 2.24) is 5.06 Å². The molecule has 6 nitrogen and oxygen atoms in total. The van der Waals surface area contributed by atoms with Crippen LogP contribution in [0.15, 0.2) is 109 Å². The molecule has 0 saturated heterocycles. The lowest BCUT2D eigenvalue weighted by Gasteiger charge is -2.19. The molecule has 0 unspecified atom stereocenters. The van der Waals surface area contributed by atoms with Crippen molar-refractivity contribution in [3.05, 3.63) is 143 Å². The SMILES string of the molecule is O=C(OC(c1ccccc1)c1ccccc1)c1ccc(CON2C(=O)c3ccccc3C2=O)cc1. The van der Waals surface area contributed by atoms with E-state index in [-0.39, 0.29) is 6.61 Å². The molecule has 1 aliphatic rings. The zero-order valence-corrected chi connectivity index (χ0v) is 18.7. The average Bonchev–Trinajstić information content (AvgIpc) is 3.16. The zero-order valence-electron chi connectivity index (χ0n) is 18.7. The van der Waals surface area contributed by atoms with E-state index < -0.39 is 23.9 Å². The van der Waals surface area contributed by atoms with Gasteiger partial charge in [-0.3, -0.25) is 14.4 Å². The van der Waals surface area contributed by atoms with Crippen LogP contribution in [-0.4, -0.2) is 22.8 Å². The second-order valence-electron chi connectivity index (χ2n) is 8.03. The summed E-state index contributed by atoms with van der Waals surface area (Å²) in [6.07, 6.45) is -0.540. The molecule has 0 aromatic heterocycles. The highest BCUT2D eigenvalue weighted by molar-refractivity contribution is 6.20. The van der Waals surface area contributed by atoms with Crippen LogP contribution < -0.4 is 0 Å². The Morgan fingerprint density at radius 2 is 1.14 bits per heavy atom. The van der Waals surface area contributed by atoms with E-state index in [4.69, 9.17) is 9.57 Å². The highest BCUT2D eigenvalue weighted by atomic mass is 16.7. The van der Waals surface area contributed by atoms with Crippen LogP contribution in [0.5, 0.6) is 0 Å². The molecule has 0 atom stereocenters. The minimum Gasteiger partial charge on any atom is -0.449 e. The van der Waals surface area contributed by atoms with E-state index in [2.05, 4.69) is 0 Å². The zero-order chi connectivity index (χ0) is 24.2. The molecule has 0 saturated carbocycles. The molecule has 0 radical (unpaired) electrons. The number of fused-ring (bicyclic) bond motifs is 1. The molecule has 0 spiro atoms. The van der Waals surface area contributed by atoms with E-state index in [0.29, 0.717) is 22.3 Å². The molecule has 2 amide bonds. The number of hydrogen-bond donors (Lipinski definition) is 0. The van der Waals surface area contributed by atoms with Crippen molar-refractivity contribution in [3.8, 4) is 0 Å². The van der Waals surface area contributed by atoms with Gasteiger partial charge in [0.1, 0.15) is 6.61 Å². The monoisotopic (exact) mass is 463 g/mol. The molecule has 35 heavy (non-hydrogen) atoms. The topological polar surface area (TPSA) is 72.9 Å². The van der Waals surface area contributed by atoms with Gasteiger partial charge < -0.3 is 4.74 Å². The fourth-order valence-electron chi connectivity index (χ4n) is 3.92. The van der Waals surface area contributed by atoms with E-state index in [1.54, 1.807) is 48.5 Å². The Hall–Kier alpha value is -4.55.